The van der Waals surface area contributed by atoms with Gasteiger partial charge in [-0.25, -0.2) is 9.18 Å². The number of carbonyl (C=O) groups is 1. The molecule has 0 bridgehead atoms. The zero-order chi connectivity index (χ0) is 13.1. The SMILES string of the molecule is Nc1n[nH]c(CCc2cccc(F)c2)c1C(=O)O. The van der Waals surface area contributed by atoms with Crippen LogP contribution in [0.3, 0.4) is 0 Å². The molecule has 4 N–H and O–H groups in total. The third-order valence-corrected chi connectivity index (χ3v) is 2.64. The number of aryl methyl sites for hydroxylation is 2. The van der Waals surface area contributed by atoms with Crippen molar-refractivity contribution in [2.24, 2.45) is 0 Å². The Morgan fingerprint density at radius 1 is 1.44 bits per heavy atom. The smallest absolute Gasteiger partial charge is 0.341 e. The molecule has 5 nitrogen and oxygen atoms in total. The number of aromatic amines is 1. The van der Waals surface area contributed by atoms with E-state index in [9.17, 15) is 9.18 Å². The zero-order valence-electron chi connectivity index (χ0n) is 9.48. The van der Waals surface area contributed by atoms with Crippen molar-refractivity contribution < 1.29 is 14.3 Å². The Morgan fingerprint density at radius 2 is 2.22 bits per heavy atom. The number of H-pyrrole nitrogens is 1. The van der Waals surface area contributed by atoms with Crippen LogP contribution in [0.1, 0.15) is 21.6 Å². The lowest BCUT2D eigenvalue weighted by Gasteiger charge is -2.01. The molecule has 0 atom stereocenters. The number of anilines is 1. The van der Waals surface area contributed by atoms with E-state index in [0.717, 1.165) is 5.56 Å². The van der Waals surface area contributed by atoms with Crippen LogP contribution in [0.5, 0.6) is 0 Å². The van der Waals surface area contributed by atoms with E-state index in [4.69, 9.17) is 10.8 Å². The highest BCUT2D eigenvalue weighted by Crippen LogP contribution is 2.16. The summed E-state index contributed by atoms with van der Waals surface area (Å²) >= 11 is 0. The Labute approximate surface area is 102 Å². The molecule has 2 rings (SSSR count). The Hall–Kier alpha value is -2.37. The van der Waals surface area contributed by atoms with Gasteiger partial charge in [0.1, 0.15) is 11.4 Å². The number of benzene rings is 1. The molecule has 0 fully saturated rings. The lowest BCUT2D eigenvalue weighted by molar-refractivity contribution is 0.0697. The molecule has 0 saturated heterocycles. The minimum atomic E-state index is -1.12. The summed E-state index contributed by atoms with van der Waals surface area (Å²) in [5.41, 5.74) is 6.68. The van der Waals surface area contributed by atoms with Gasteiger partial charge in [-0.3, -0.25) is 5.10 Å². The maximum absolute atomic E-state index is 13.0. The maximum Gasteiger partial charge on any atom is 0.341 e. The van der Waals surface area contributed by atoms with Crippen LogP contribution in [0.2, 0.25) is 0 Å². The molecular weight excluding hydrogens is 237 g/mol. The predicted octanol–water partition coefficient (Wildman–Crippen LogP) is 1.61. The number of carboxylic acid groups (broad SMARTS) is 1. The molecular formula is C12H12FN3O2. The summed E-state index contributed by atoms with van der Waals surface area (Å²) in [7, 11) is 0. The topological polar surface area (TPSA) is 92.0 Å². The van der Waals surface area contributed by atoms with Crippen molar-refractivity contribution in [3.63, 3.8) is 0 Å². The summed E-state index contributed by atoms with van der Waals surface area (Å²) in [4.78, 5) is 11.0. The Morgan fingerprint density at radius 3 is 2.89 bits per heavy atom. The van der Waals surface area contributed by atoms with Crippen molar-refractivity contribution in [3.8, 4) is 0 Å². The number of rotatable bonds is 4. The molecule has 1 aromatic carbocycles. The first-order valence-corrected chi connectivity index (χ1v) is 5.38. The van der Waals surface area contributed by atoms with Gasteiger partial charge in [-0.1, -0.05) is 12.1 Å². The number of nitrogens with zero attached hydrogens (tertiary/aromatic N) is 1. The average molecular weight is 249 g/mol. The number of hydrogen-bond donors (Lipinski definition) is 3. The molecule has 0 unspecified atom stereocenters. The first-order valence-electron chi connectivity index (χ1n) is 5.38. The molecule has 1 heterocycles. The van der Waals surface area contributed by atoms with Crippen molar-refractivity contribution >= 4 is 11.8 Å². The lowest BCUT2D eigenvalue weighted by Crippen LogP contribution is -2.04. The van der Waals surface area contributed by atoms with Crippen LogP contribution in [0.25, 0.3) is 0 Å². The van der Waals surface area contributed by atoms with Crippen molar-refractivity contribution in [3.05, 3.63) is 46.9 Å². The number of nitrogens with one attached hydrogen (secondary N) is 1. The fourth-order valence-corrected chi connectivity index (χ4v) is 1.78. The lowest BCUT2D eigenvalue weighted by atomic mass is 10.1. The maximum atomic E-state index is 13.0. The number of aromatic carboxylic acids is 1. The van der Waals surface area contributed by atoms with Gasteiger partial charge in [0.25, 0.3) is 0 Å². The van der Waals surface area contributed by atoms with Crippen LogP contribution in [-0.2, 0) is 12.8 Å². The van der Waals surface area contributed by atoms with Crippen LogP contribution in [0.15, 0.2) is 24.3 Å². The second-order valence-electron chi connectivity index (χ2n) is 3.90. The van der Waals surface area contributed by atoms with E-state index in [0.29, 0.717) is 18.5 Å². The van der Waals surface area contributed by atoms with Gasteiger partial charge in [-0.15, -0.1) is 0 Å². The molecule has 0 aliphatic carbocycles. The summed E-state index contributed by atoms with van der Waals surface area (Å²) < 4.78 is 13.0. The number of nitrogen functional groups attached to an aromatic ring is 1. The van der Waals surface area contributed by atoms with Gasteiger partial charge in [0.05, 0.1) is 5.69 Å². The van der Waals surface area contributed by atoms with Gasteiger partial charge < -0.3 is 10.8 Å². The van der Waals surface area contributed by atoms with Gasteiger partial charge >= 0.3 is 5.97 Å². The highest BCUT2D eigenvalue weighted by molar-refractivity contribution is 5.93. The van der Waals surface area contributed by atoms with E-state index in [1.807, 2.05) is 0 Å². The largest absolute Gasteiger partial charge is 0.477 e. The van der Waals surface area contributed by atoms with E-state index in [2.05, 4.69) is 10.2 Å². The van der Waals surface area contributed by atoms with Crippen LogP contribution >= 0.6 is 0 Å². The van der Waals surface area contributed by atoms with E-state index in [1.165, 1.54) is 12.1 Å². The molecule has 0 radical (unpaired) electrons. The van der Waals surface area contributed by atoms with Gasteiger partial charge in [0, 0.05) is 0 Å². The molecule has 0 amide bonds. The Kier molecular flexibility index (Phi) is 3.27. The van der Waals surface area contributed by atoms with Crippen LogP contribution in [-0.4, -0.2) is 21.3 Å². The van der Waals surface area contributed by atoms with Crippen LogP contribution in [0.4, 0.5) is 10.2 Å². The number of aromatic nitrogens is 2. The number of halogens is 1. The van der Waals surface area contributed by atoms with E-state index in [1.54, 1.807) is 12.1 Å². The number of carboxylic acids is 1. The summed E-state index contributed by atoms with van der Waals surface area (Å²) in [5, 5.41) is 15.2. The summed E-state index contributed by atoms with van der Waals surface area (Å²) in [6, 6.07) is 6.17. The quantitative estimate of drug-likeness (QED) is 0.767. The van der Waals surface area contributed by atoms with Crippen LogP contribution in [0, 0.1) is 5.82 Å². The molecule has 1 aromatic heterocycles. The first kappa shape index (κ1) is 12.1. The minimum absolute atomic E-state index is 0.00796. The van der Waals surface area contributed by atoms with Crippen molar-refractivity contribution in [2.45, 2.75) is 12.8 Å². The summed E-state index contributed by atoms with van der Waals surface area (Å²) in [6.07, 6.45) is 0.926. The highest BCUT2D eigenvalue weighted by Gasteiger charge is 2.17. The van der Waals surface area contributed by atoms with Gasteiger partial charge in [-0.05, 0) is 30.5 Å². The number of hydrogen-bond acceptors (Lipinski definition) is 3. The normalized spacial score (nSPS) is 10.5. The van der Waals surface area contributed by atoms with Crippen molar-refractivity contribution in [1.82, 2.24) is 10.2 Å². The first-order chi connectivity index (χ1) is 8.58. The number of nitrogens with two attached hydrogens (primary N) is 1. The van der Waals surface area contributed by atoms with E-state index < -0.39 is 5.97 Å². The second kappa shape index (κ2) is 4.87. The molecule has 6 heteroatoms. The summed E-state index contributed by atoms with van der Waals surface area (Å²) in [6.45, 7) is 0. The van der Waals surface area contributed by atoms with E-state index in [-0.39, 0.29) is 17.2 Å². The Bertz CT molecular complexity index is 580. The average Bonchev–Trinajstić information content (AvgIpc) is 2.68. The zero-order valence-corrected chi connectivity index (χ0v) is 9.48. The predicted molar refractivity (Wildman–Crippen MR) is 63.8 cm³/mol. The molecule has 0 saturated carbocycles. The minimum Gasteiger partial charge on any atom is -0.477 e. The van der Waals surface area contributed by atoms with E-state index >= 15 is 0 Å². The summed E-state index contributed by atoms with van der Waals surface area (Å²) in [5.74, 6) is -1.46. The van der Waals surface area contributed by atoms with Crippen molar-refractivity contribution in [1.29, 1.82) is 0 Å². The van der Waals surface area contributed by atoms with Gasteiger partial charge in [0.2, 0.25) is 0 Å². The fraction of sp³-hybridized carbons (Fsp3) is 0.167. The molecule has 0 aliphatic heterocycles. The third-order valence-electron chi connectivity index (χ3n) is 2.64. The molecule has 0 aliphatic rings. The van der Waals surface area contributed by atoms with Crippen LogP contribution < -0.4 is 5.73 Å². The molecule has 94 valence electrons. The second-order valence-corrected chi connectivity index (χ2v) is 3.90. The molecule has 18 heavy (non-hydrogen) atoms. The highest BCUT2D eigenvalue weighted by atomic mass is 19.1. The van der Waals surface area contributed by atoms with Gasteiger partial charge in [-0.2, -0.15) is 5.10 Å². The monoisotopic (exact) mass is 249 g/mol. The standard InChI is InChI=1S/C12H12FN3O2/c13-8-3-1-2-7(6-8)4-5-9-10(12(17)18)11(14)16-15-9/h1-3,6H,4-5H2,(H,17,18)(H3,14,15,16). The molecule has 0 spiro atoms. The van der Waals surface area contributed by atoms with Crippen molar-refractivity contribution in [2.75, 3.05) is 5.73 Å². The van der Waals surface area contributed by atoms with Gasteiger partial charge in [0.15, 0.2) is 5.82 Å². The molecule has 2 aromatic rings. The third kappa shape index (κ3) is 2.48. The Balaban J connectivity index is 2.13. The fourth-order valence-electron chi connectivity index (χ4n) is 1.78.